The van der Waals surface area contributed by atoms with Crippen molar-refractivity contribution in [1.29, 1.82) is 0 Å². The molecule has 1 heterocycles. The summed E-state index contributed by atoms with van der Waals surface area (Å²) in [6.07, 6.45) is 2.77. The second-order valence-corrected chi connectivity index (χ2v) is 6.56. The Bertz CT molecular complexity index is 938. The van der Waals surface area contributed by atoms with Crippen molar-refractivity contribution >= 4 is 18.1 Å². The number of carboxylic acid groups (broad SMARTS) is 1. The fourth-order valence-electron chi connectivity index (χ4n) is 2.84. The lowest BCUT2D eigenvalue weighted by molar-refractivity contribution is -0.138. The van der Waals surface area contributed by atoms with Crippen molar-refractivity contribution in [2.45, 2.75) is 32.8 Å². The summed E-state index contributed by atoms with van der Waals surface area (Å²) in [4.78, 5) is 24.1. The van der Waals surface area contributed by atoms with Crippen LogP contribution in [0.2, 0.25) is 0 Å². The number of hydrogen-bond donors (Lipinski definition) is 3. The van der Waals surface area contributed by atoms with Gasteiger partial charge in [0.1, 0.15) is 5.75 Å². The zero-order valence-corrected chi connectivity index (χ0v) is 16.6. The molecule has 1 unspecified atom stereocenters. The molecule has 0 amide bonds. The Morgan fingerprint density at radius 2 is 1.68 bits per heavy atom. The number of pyridine rings is 1. The van der Waals surface area contributed by atoms with E-state index >= 15 is 0 Å². The number of hydrogen-bond acceptors (Lipinski definition) is 4. The first-order valence-corrected chi connectivity index (χ1v) is 8.78. The van der Waals surface area contributed by atoms with Crippen molar-refractivity contribution in [1.82, 2.24) is 4.57 Å². The highest BCUT2D eigenvalue weighted by molar-refractivity contribution is 5.86. The summed E-state index contributed by atoms with van der Waals surface area (Å²) in [6, 6.07) is 6.45. The van der Waals surface area contributed by atoms with Gasteiger partial charge in [-0.2, -0.15) is 0 Å². The summed E-state index contributed by atoms with van der Waals surface area (Å²) in [7, 11) is 1.53. The molecule has 0 aliphatic rings. The predicted molar refractivity (Wildman–Crippen MR) is 112 cm³/mol. The molecule has 2 aromatic rings. The van der Waals surface area contributed by atoms with E-state index in [1.807, 2.05) is 0 Å². The maximum atomic E-state index is 12.6. The normalized spacial score (nSPS) is 11.4. The summed E-state index contributed by atoms with van der Waals surface area (Å²) in [6.45, 7) is 12.4. The van der Waals surface area contributed by atoms with E-state index in [0.717, 1.165) is 0 Å². The fraction of sp³-hybridized carbons (Fsp3) is 0.273. The maximum Gasteiger partial charge on any atom is 0.312 e. The predicted octanol–water partition coefficient (Wildman–Crippen LogP) is 3.62. The standard InChI is InChI=1S/C19H19NO4.C3H8O/c1-5-14-15(6-2)18(22)20(4)17(11(3)19(23)24)16(14)12-8-7-9-13(21)10-12;1-3(2)4/h5-11,21H,1-2H2,3-4H3,(H,23,24);3-4H,1-2H3. The van der Waals surface area contributed by atoms with E-state index in [1.54, 1.807) is 26.0 Å². The van der Waals surface area contributed by atoms with Crippen LogP contribution in [0.25, 0.3) is 23.3 Å². The van der Waals surface area contributed by atoms with Gasteiger partial charge < -0.3 is 19.9 Å². The van der Waals surface area contributed by atoms with Gasteiger partial charge in [-0.3, -0.25) is 9.59 Å². The molecule has 150 valence electrons. The van der Waals surface area contributed by atoms with E-state index in [-0.39, 0.29) is 17.4 Å². The molecule has 0 saturated carbocycles. The van der Waals surface area contributed by atoms with Crippen LogP contribution in [0.4, 0.5) is 0 Å². The number of aliphatic carboxylic acids is 1. The van der Waals surface area contributed by atoms with Crippen molar-refractivity contribution in [3.05, 3.63) is 64.6 Å². The summed E-state index contributed by atoms with van der Waals surface area (Å²) >= 11 is 0. The van der Waals surface area contributed by atoms with E-state index in [4.69, 9.17) is 5.11 Å². The molecule has 1 atom stereocenters. The molecule has 0 saturated heterocycles. The monoisotopic (exact) mass is 385 g/mol. The minimum absolute atomic E-state index is 0.0467. The Morgan fingerprint density at radius 3 is 2.11 bits per heavy atom. The van der Waals surface area contributed by atoms with Crippen LogP contribution >= 0.6 is 0 Å². The molecule has 0 radical (unpaired) electrons. The van der Waals surface area contributed by atoms with Gasteiger partial charge in [0.2, 0.25) is 0 Å². The summed E-state index contributed by atoms with van der Waals surface area (Å²) in [5, 5.41) is 27.3. The number of nitrogens with zero attached hydrogens (tertiary/aromatic N) is 1. The molecule has 0 aliphatic carbocycles. The topological polar surface area (TPSA) is 99.8 Å². The van der Waals surface area contributed by atoms with Gasteiger partial charge in [0.15, 0.2) is 0 Å². The number of carbonyl (C=O) groups is 1. The van der Waals surface area contributed by atoms with Gasteiger partial charge in [-0.25, -0.2) is 0 Å². The van der Waals surface area contributed by atoms with Crippen LogP contribution in [-0.4, -0.2) is 32.0 Å². The van der Waals surface area contributed by atoms with Crippen LogP contribution in [0.3, 0.4) is 0 Å². The first-order valence-electron chi connectivity index (χ1n) is 8.78. The van der Waals surface area contributed by atoms with Crippen molar-refractivity contribution in [3.8, 4) is 16.9 Å². The number of aromatic nitrogens is 1. The van der Waals surface area contributed by atoms with Crippen LogP contribution in [-0.2, 0) is 11.8 Å². The molecule has 28 heavy (non-hydrogen) atoms. The first-order chi connectivity index (χ1) is 13.1. The molecule has 0 fully saturated rings. The molecular formula is C22H27NO5. The number of rotatable bonds is 5. The fourth-order valence-corrected chi connectivity index (χ4v) is 2.84. The molecule has 6 heteroatoms. The van der Waals surface area contributed by atoms with Crippen LogP contribution in [0.5, 0.6) is 5.75 Å². The third-order valence-electron chi connectivity index (χ3n) is 4.04. The van der Waals surface area contributed by atoms with Crippen LogP contribution in [0.15, 0.2) is 42.2 Å². The SMILES string of the molecule is C=Cc1c(-c2cccc(O)c2)c(C(C)C(=O)O)n(C)c(=O)c1C=C.CC(C)O. The number of carboxylic acids is 1. The molecule has 2 rings (SSSR count). The van der Waals surface area contributed by atoms with Gasteiger partial charge in [0, 0.05) is 30.0 Å². The van der Waals surface area contributed by atoms with Crippen molar-refractivity contribution < 1.29 is 20.1 Å². The van der Waals surface area contributed by atoms with Crippen LogP contribution in [0, 0.1) is 0 Å². The van der Waals surface area contributed by atoms with Gasteiger partial charge >= 0.3 is 5.97 Å². The Morgan fingerprint density at radius 1 is 1.14 bits per heavy atom. The molecule has 0 aliphatic heterocycles. The zero-order chi connectivity index (χ0) is 21.6. The zero-order valence-electron chi connectivity index (χ0n) is 16.6. The number of aliphatic hydroxyl groups is 1. The van der Waals surface area contributed by atoms with E-state index in [2.05, 4.69) is 13.2 Å². The van der Waals surface area contributed by atoms with Crippen molar-refractivity contribution in [2.75, 3.05) is 0 Å². The van der Waals surface area contributed by atoms with Crippen LogP contribution < -0.4 is 5.56 Å². The third kappa shape index (κ3) is 4.98. The highest BCUT2D eigenvalue weighted by atomic mass is 16.4. The molecule has 0 bridgehead atoms. The molecule has 6 nitrogen and oxygen atoms in total. The minimum atomic E-state index is -1.05. The summed E-state index contributed by atoms with van der Waals surface area (Å²) < 4.78 is 1.32. The van der Waals surface area contributed by atoms with E-state index < -0.39 is 11.9 Å². The lowest BCUT2D eigenvalue weighted by Crippen LogP contribution is -2.28. The Balaban J connectivity index is 0.000000892. The number of phenols is 1. The van der Waals surface area contributed by atoms with Crippen molar-refractivity contribution in [3.63, 3.8) is 0 Å². The average molecular weight is 385 g/mol. The quantitative estimate of drug-likeness (QED) is 0.730. The molecular weight excluding hydrogens is 358 g/mol. The third-order valence-corrected chi connectivity index (χ3v) is 4.04. The second-order valence-electron chi connectivity index (χ2n) is 6.56. The van der Waals surface area contributed by atoms with E-state index in [9.17, 15) is 19.8 Å². The number of aromatic hydroxyl groups is 1. The minimum Gasteiger partial charge on any atom is -0.508 e. The number of phenolic OH excluding ortho intramolecular Hbond substituents is 1. The molecule has 1 aromatic carbocycles. The largest absolute Gasteiger partial charge is 0.508 e. The van der Waals surface area contributed by atoms with Gasteiger partial charge in [-0.15, -0.1) is 0 Å². The molecule has 3 N–H and O–H groups in total. The number of benzene rings is 1. The lowest BCUT2D eigenvalue weighted by atomic mass is 9.89. The van der Waals surface area contributed by atoms with E-state index in [0.29, 0.717) is 27.9 Å². The smallest absolute Gasteiger partial charge is 0.312 e. The average Bonchev–Trinajstić information content (AvgIpc) is 2.62. The second kappa shape index (κ2) is 9.71. The highest BCUT2D eigenvalue weighted by Gasteiger charge is 2.26. The van der Waals surface area contributed by atoms with Gasteiger partial charge in [-0.05, 0) is 44.0 Å². The van der Waals surface area contributed by atoms with Crippen LogP contribution in [0.1, 0.15) is 43.5 Å². The highest BCUT2D eigenvalue weighted by Crippen LogP contribution is 2.35. The first kappa shape index (κ1) is 22.9. The summed E-state index contributed by atoms with van der Waals surface area (Å²) in [5.74, 6) is -1.92. The molecule has 0 spiro atoms. The van der Waals surface area contributed by atoms with Crippen molar-refractivity contribution in [2.24, 2.45) is 7.05 Å². The Kier molecular flexibility index (Phi) is 7.95. The van der Waals surface area contributed by atoms with E-state index in [1.165, 1.54) is 42.8 Å². The van der Waals surface area contributed by atoms with Gasteiger partial charge in [-0.1, -0.05) is 37.4 Å². The Labute approximate surface area is 164 Å². The van der Waals surface area contributed by atoms with Gasteiger partial charge in [0.25, 0.3) is 5.56 Å². The lowest BCUT2D eigenvalue weighted by Gasteiger charge is -2.22. The molecule has 1 aromatic heterocycles. The maximum absolute atomic E-state index is 12.6. The Hall–Kier alpha value is -3.12. The van der Waals surface area contributed by atoms with Gasteiger partial charge in [0.05, 0.1) is 5.92 Å². The summed E-state index contributed by atoms with van der Waals surface area (Å²) in [5.41, 5.74) is 2.00. The number of aliphatic hydroxyl groups excluding tert-OH is 1.